The zero-order valence-corrected chi connectivity index (χ0v) is 18.2. The van der Waals surface area contributed by atoms with E-state index >= 15 is 0 Å². The van der Waals surface area contributed by atoms with Crippen molar-refractivity contribution < 1.29 is 19.5 Å². The van der Waals surface area contributed by atoms with Gasteiger partial charge in [0.15, 0.2) is 0 Å². The predicted octanol–water partition coefficient (Wildman–Crippen LogP) is 2.39. The minimum atomic E-state index is -0.933. The highest BCUT2D eigenvalue weighted by Gasteiger charge is 2.09. The molecular formula is C23H34N4O4. The average Bonchev–Trinajstić information content (AvgIpc) is 2.76. The Hall–Kier alpha value is -3.07. The third kappa shape index (κ3) is 15.4. The molecule has 0 radical (unpaired) electrons. The van der Waals surface area contributed by atoms with Gasteiger partial charge in [0, 0.05) is 24.7 Å². The molecule has 0 bridgehead atoms. The molecule has 0 aliphatic rings. The van der Waals surface area contributed by atoms with Crippen LogP contribution in [0.3, 0.4) is 0 Å². The first-order valence-electron chi connectivity index (χ1n) is 10.0. The maximum Gasteiger partial charge on any atom is 0.320 e. The number of amides is 1. The monoisotopic (exact) mass is 430 g/mol. The van der Waals surface area contributed by atoms with Gasteiger partial charge >= 0.3 is 5.97 Å². The van der Waals surface area contributed by atoms with Crippen LogP contribution in [-0.2, 0) is 16.1 Å². The van der Waals surface area contributed by atoms with Crippen molar-refractivity contribution in [3.8, 4) is 0 Å². The third-order valence-electron chi connectivity index (χ3n) is 3.88. The van der Waals surface area contributed by atoms with Crippen LogP contribution in [0.15, 0.2) is 54.6 Å². The van der Waals surface area contributed by atoms with E-state index in [4.69, 9.17) is 16.6 Å². The van der Waals surface area contributed by atoms with E-state index in [-0.39, 0.29) is 5.91 Å². The van der Waals surface area contributed by atoms with E-state index in [0.29, 0.717) is 24.2 Å². The zero-order chi connectivity index (χ0) is 23.5. The minimum absolute atomic E-state index is 0.117. The smallest absolute Gasteiger partial charge is 0.320 e. The Morgan fingerprint density at radius 3 is 2.13 bits per heavy atom. The SMILES string of the molecule is CC(=O)Nc1ccc(C=O)cc1.CNCc1ccccc1.NCCCC[C@H](N)C(=O)O. The Kier molecular flexibility index (Phi) is 16.0. The molecule has 1 amide bonds. The van der Waals surface area contributed by atoms with Crippen LogP contribution < -0.4 is 22.1 Å². The number of aliphatic carboxylic acids is 1. The highest BCUT2D eigenvalue weighted by molar-refractivity contribution is 5.89. The van der Waals surface area contributed by atoms with E-state index < -0.39 is 12.0 Å². The van der Waals surface area contributed by atoms with Crippen molar-refractivity contribution in [3.05, 3.63) is 65.7 Å². The fraction of sp³-hybridized carbons (Fsp3) is 0.348. The summed E-state index contributed by atoms with van der Waals surface area (Å²) in [4.78, 5) is 31.0. The van der Waals surface area contributed by atoms with Gasteiger partial charge in [-0.3, -0.25) is 14.4 Å². The summed E-state index contributed by atoms with van der Waals surface area (Å²) < 4.78 is 0. The van der Waals surface area contributed by atoms with Crippen molar-refractivity contribution in [1.82, 2.24) is 5.32 Å². The van der Waals surface area contributed by atoms with Crippen LogP contribution in [-0.4, -0.2) is 42.9 Å². The molecule has 0 spiro atoms. The molecule has 170 valence electrons. The van der Waals surface area contributed by atoms with Gasteiger partial charge in [-0.1, -0.05) is 36.8 Å². The highest BCUT2D eigenvalue weighted by Crippen LogP contribution is 2.07. The third-order valence-corrected chi connectivity index (χ3v) is 3.88. The summed E-state index contributed by atoms with van der Waals surface area (Å²) in [6.45, 7) is 3.00. The molecule has 0 fully saturated rings. The highest BCUT2D eigenvalue weighted by atomic mass is 16.4. The number of rotatable bonds is 9. The standard InChI is InChI=1S/C9H9NO2.C8H11N.C6H14N2O2/c1-7(12)10-9-4-2-8(6-11)3-5-9;1-9-7-8-5-3-2-4-6-8;7-4-2-1-3-5(8)6(9)10/h2-6H,1H3,(H,10,12);2-6,9H,7H2,1H3;5H,1-4,7-8H2,(H,9,10)/t;;5-/m..0/s1. The zero-order valence-electron chi connectivity index (χ0n) is 18.2. The van der Waals surface area contributed by atoms with Crippen molar-refractivity contribution in [2.24, 2.45) is 11.5 Å². The lowest BCUT2D eigenvalue weighted by Gasteiger charge is -2.03. The number of aldehydes is 1. The molecule has 7 N–H and O–H groups in total. The molecule has 0 aliphatic carbocycles. The summed E-state index contributed by atoms with van der Waals surface area (Å²) in [5, 5.41) is 14.0. The molecule has 0 saturated carbocycles. The number of carboxylic acids is 1. The molecule has 8 nitrogen and oxygen atoms in total. The number of hydrogen-bond acceptors (Lipinski definition) is 6. The summed E-state index contributed by atoms with van der Waals surface area (Å²) in [6, 6.07) is 16.3. The van der Waals surface area contributed by atoms with Gasteiger partial charge in [0.05, 0.1) is 0 Å². The second-order valence-corrected chi connectivity index (χ2v) is 6.67. The van der Waals surface area contributed by atoms with E-state index in [9.17, 15) is 14.4 Å². The van der Waals surface area contributed by atoms with Gasteiger partial charge in [-0.05, 0) is 56.3 Å². The fourth-order valence-electron chi connectivity index (χ4n) is 2.28. The Morgan fingerprint density at radius 1 is 1.06 bits per heavy atom. The number of carbonyl (C=O) groups is 3. The number of nitrogens with one attached hydrogen (secondary N) is 2. The molecule has 0 aliphatic heterocycles. The molecular weight excluding hydrogens is 396 g/mol. The van der Waals surface area contributed by atoms with E-state index in [1.807, 2.05) is 25.2 Å². The van der Waals surface area contributed by atoms with Crippen LogP contribution in [0.1, 0.15) is 42.1 Å². The molecule has 0 saturated heterocycles. The van der Waals surface area contributed by atoms with Crippen LogP contribution in [0.2, 0.25) is 0 Å². The van der Waals surface area contributed by atoms with Crippen molar-refractivity contribution in [2.75, 3.05) is 18.9 Å². The largest absolute Gasteiger partial charge is 0.480 e. The minimum Gasteiger partial charge on any atom is -0.480 e. The normalized spacial score (nSPS) is 10.5. The van der Waals surface area contributed by atoms with E-state index in [2.05, 4.69) is 22.8 Å². The van der Waals surface area contributed by atoms with E-state index in [0.717, 1.165) is 25.7 Å². The van der Waals surface area contributed by atoms with Crippen molar-refractivity contribution in [3.63, 3.8) is 0 Å². The first-order valence-corrected chi connectivity index (χ1v) is 10.0. The summed E-state index contributed by atoms with van der Waals surface area (Å²) in [5.74, 6) is -1.05. The molecule has 0 aromatic heterocycles. The average molecular weight is 431 g/mol. The van der Waals surface area contributed by atoms with Gasteiger partial charge in [0.25, 0.3) is 0 Å². The second kappa shape index (κ2) is 17.8. The number of benzene rings is 2. The molecule has 0 unspecified atom stereocenters. The van der Waals surface area contributed by atoms with Crippen LogP contribution in [0.4, 0.5) is 5.69 Å². The number of carboxylic acid groups (broad SMARTS) is 1. The Labute approximate surface area is 184 Å². The molecule has 2 aromatic carbocycles. The molecule has 31 heavy (non-hydrogen) atoms. The van der Waals surface area contributed by atoms with Gasteiger partial charge in [-0.25, -0.2) is 0 Å². The number of nitrogens with two attached hydrogens (primary N) is 2. The van der Waals surface area contributed by atoms with Crippen LogP contribution >= 0.6 is 0 Å². The Balaban J connectivity index is 0.000000441. The Bertz CT molecular complexity index is 752. The predicted molar refractivity (Wildman–Crippen MR) is 124 cm³/mol. The quantitative estimate of drug-likeness (QED) is 0.303. The summed E-state index contributed by atoms with van der Waals surface area (Å²) >= 11 is 0. The molecule has 0 heterocycles. The maximum atomic E-state index is 10.6. The van der Waals surface area contributed by atoms with Crippen molar-refractivity contribution >= 4 is 23.9 Å². The number of carbonyl (C=O) groups excluding carboxylic acids is 2. The molecule has 2 aromatic rings. The van der Waals surface area contributed by atoms with Gasteiger partial charge in [0.1, 0.15) is 12.3 Å². The van der Waals surface area contributed by atoms with E-state index in [1.54, 1.807) is 24.3 Å². The topological polar surface area (TPSA) is 148 Å². The summed E-state index contributed by atoms with van der Waals surface area (Å²) in [5.41, 5.74) is 13.1. The number of anilines is 1. The fourth-order valence-corrected chi connectivity index (χ4v) is 2.28. The number of unbranched alkanes of at least 4 members (excludes halogenated alkanes) is 1. The lowest BCUT2D eigenvalue weighted by molar-refractivity contribution is -0.138. The lowest BCUT2D eigenvalue weighted by Crippen LogP contribution is -2.29. The van der Waals surface area contributed by atoms with Gasteiger partial charge < -0.3 is 27.2 Å². The van der Waals surface area contributed by atoms with Crippen LogP contribution in [0, 0.1) is 0 Å². The first kappa shape index (κ1) is 27.9. The van der Waals surface area contributed by atoms with Crippen LogP contribution in [0.5, 0.6) is 0 Å². The number of hydrogen-bond donors (Lipinski definition) is 5. The first-order chi connectivity index (χ1) is 14.8. The molecule has 8 heteroatoms. The molecule has 2 rings (SSSR count). The van der Waals surface area contributed by atoms with E-state index in [1.165, 1.54) is 12.5 Å². The van der Waals surface area contributed by atoms with Crippen LogP contribution in [0.25, 0.3) is 0 Å². The van der Waals surface area contributed by atoms with Crippen molar-refractivity contribution in [1.29, 1.82) is 0 Å². The molecule has 1 atom stereocenters. The van der Waals surface area contributed by atoms with Gasteiger partial charge in [-0.15, -0.1) is 0 Å². The summed E-state index contributed by atoms with van der Waals surface area (Å²) in [7, 11) is 1.95. The maximum absolute atomic E-state index is 10.6. The van der Waals surface area contributed by atoms with Gasteiger partial charge in [0.2, 0.25) is 5.91 Å². The lowest BCUT2D eigenvalue weighted by atomic mass is 10.1. The summed E-state index contributed by atoms with van der Waals surface area (Å²) in [6.07, 6.45) is 2.93. The van der Waals surface area contributed by atoms with Crippen molar-refractivity contribution in [2.45, 2.75) is 38.8 Å². The Morgan fingerprint density at radius 2 is 1.68 bits per heavy atom. The van der Waals surface area contributed by atoms with Gasteiger partial charge in [-0.2, -0.15) is 0 Å². The second-order valence-electron chi connectivity index (χ2n) is 6.67.